The summed E-state index contributed by atoms with van der Waals surface area (Å²) in [4.78, 5) is 24.0. The number of carbonyl (C=O) groups is 2. The summed E-state index contributed by atoms with van der Waals surface area (Å²) in [5.74, 6) is 3.49. The van der Waals surface area contributed by atoms with Gasteiger partial charge in [0.1, 0.15) is 19.3 Å². The van der Waals surface area contributed by atoms with Gasteiger partial charge in [-0.25, -0.2) is 0 Å². The first kappa shape index (κ1) is 41.1. The Hall–Kier alpha value is -1.10. The standard InChI is InChI=1S/C41H76O5/c1-3-5-7-9-13-19-25-35-31-37(35)27-21-15-11-17-23-29-40(43)45-33-39(42)34-46-41(44)30-24-18-12-16-22-28-38-32-36(38)26-20-14-10-8-6-4-2/h35-39,42H,3-34H2,1-2H3/t35-,36-,37+,38+/m0/s1. The molecule has 4 atom stereocenters. The van der Waals surface area contributed by atoms with Crippen molar-refractivity contribution in [3.8, 4) is 0 Å². The van der Waals surface area contributed by atoms with Crippen molar-refractivity contribution in [3.63, 3.8) is 0 Å². The van der Waals surface area contributed by atoms with Gasteiger partial charge in [-0.15, -0.1) is 0 Å². The molecule has 0 saturated heterocycles. The van der Waals surface area contributed by atoms with Gasteiger partial charge in [-0.3, -0.25) is 9.59 Å². The van der Waals surface area contributed by atoms with Crippen LogP contribution in [-0.2, 0) is 19.1 Å². The average molecular weight is 649 g/mol. The van der Waals surface area contributed by atoms with Gasteiger partial charge in [-0.2, -0.15) is 0 Å². The van der Waals surface area contributed by atoms with Gasteiger partial charge in [-0.05, 0) is 49.4 Å². The summed E-state index contributed by atoms with van der Waals surface area (Å²) < 4.78 is 10.4. The van der Waals surface area contributed by atoms with E-state index in [1.807, 2.05) is 0 Å². The lowest BCUT2D eigenvalue weighted by atomic mass is 10.0. The molecule has 0 unspecified atom stereocenters. The van der Waals surface area contributed by atoms with E-state index in [0.29, 0.717) is 12.8 Å². The molecular weight excluding hydrogens is 572 g/mol. The Kier molecular flexibility index (Phi) is 24.8. The highest BCUT2D eigenvalue weighted by Gasteiger charge is 2.35. The molecule has 0 aliphatic heterocycles. The van der Waals surface area contributed by atoms with Gasteiger partial charge in [0, 0.05) is 12.8 Å². The fourth-order valence-corrected chi connectivity index (χ4v) is 7.39. The predicted molar refractivity (Wildman–Crippen MR) is 192 cm³/mol. The third kappa shape index (κ3) is 23.3. The molecule has 0 aromatic rings. The van der Waals surface area contributed by atoms with Crippen LogP contribution in [0.3, 0.4) is 0 Å². The summed E-state index contributed by atoms with van der Waals surface area (Å²) in [5, 5.41) is 10.0. The third-order valence-corrected chi connectivity index (χ3v) is 10.8. The van der Waals surface area contributed by atoms with Crippen molar-refractivity contribution in [2.45, 2.75) is 213 Å². The zero-order valence-corrected chi connectivity index (χ0v) is 30.6. The topological polar surface area (TPSA) is 72.8 Å². The van der Waals surface area contributed by atoms with Crippen LogP contribution in [0.15, 0.2) is 0 Å². The lowest BCUT2D eigenvalue weighted by Crippen LogP contribution is -2.25. The van der Waals surface area contributed by atoms with Crippen molar-refractivity contribution >= 4 is 11.9 Å². The average Bonchev–Trinajstić information content (AvgIpc) is 3.98. The van der Waals surface area contributed by atoms with Crippen LogP contribution in [0, 0.1) is 23.7 Å². The summed E-state index contributed by atoms with van der Waals surface area (Å²) in [6.45, 7) is 4.35. The summed E-state index contributed by atoms with van der Waals surface area (Å²) in [5.41, 5.74) is 0. The Labute approximate surface area is 285 Å². The molecular formula is C41H76O5. The van der Waals surface area contributed by atoms with Crippen molar-refractivity contribution in [2.75, 3.05) is 13.2 Å². The number of hydrogen-bond acceptors (Lipinski definition) is 5. The molecule has 0 spiro atoms. The summed E-state index contributed by atoms with van der Waals surface area (Å²) in [7, 11) is 0. The van der Waals surface area contributed by atoms with Gasteiger partial charge >= 0.3 is 11.9 Å². The van der Waals surface area contributed by atoms with Crippen molar-refractivity contribution in [3.05, 3.63) is 0 Å². The number of ether oxygens (including phenoxy) is 2. The molecule has 1 N–H and O–H groups in total. The molecule has 0 bridgehead atoms. The molecule has 2 aliphatic rings. The Morgan fingerprint density at radius 3 is 1.09 bits per heavy atom. The van der Waals surface area contributed by atoms with Crippen LogP contribution >= 0.6 is 0 Å². The Morgan fingerprint density at radius 1 is 0.478 bits per heavy atom. The molecule has 2 fully saturated rings. The highest BCUT2D eigenvalue weighted by Crippen LogP contribution is 2.46. The van der Waals surface area contributed by atoms with E-state index in [1.165, 1.54) is 154 Å². The van der Waals surface area contributed by atoms with Crippen LogP contribution in [0.1, 0.15) is 206 Å². The highest BCUT2D eigenvalue weighted by atomic mass is 16.6. The van der Waals surface area contributed by atoms with Crippen molar-refractivity contribution in [1.29, 1.82) is 0 Å². The van der Waals surface area contributed by atoms with Crippen molar-refractivity contribution in [1.82, 2.24) is 0 Å². The molecule has 0 aromatic carbocycles. The van der Waals surface area contributed by atoms with E-state index in [9.17, 15) is 14.7 Å². The molecule has 2 rings (SSSR count). The summed E-state index contributed by atoms with van der Waals surface area (Å²) in [6, 6.07) is 0. The molecule has 0 heterocycles. The monoisotopic (exact) mass is 649 g/mol. The smallest absolute Gasteiger partial charge is 0.305 e. The van der Waals surface area contributed by atoms with Gasteiger partial charge in [0.15, 0.2) is 0 Å². The predicted octanol–water partition coefficient (Wildman–Crippen LogP) is 11.7. The van der Waals surface area contributed by atoms with E-state index in [2.05, 4.69) is 13.8 Å². The number of rotatable bonds is 34. The number of aliphatic hydroxyl groups is 1. The van der Waals surface area contributed by atoms with Gasteiger partial charge in [-0.1, -0.05) is 168 Å². The van der Waals surface area contributed by atoms with E-state index in [1.54, 1.807) is 0 Å². The molecule has 2 aliphatic carbocycles. The number of aliphatic hydroxyl groups excluding tert-OH is 1. The molecule has 2 saturated carbocycles. The van der Waals surface area contributed by atoms with E-state index >= 15 is 0 Å². The van der Waals surface area contributed by atoms with E-state index in [0.717, 1.165) is 49.4 Å². The minimum absolute atomic E-state index is 0.103. The fourth-order valence-electron chi connectivity index (χ4n) is 7.39. The van der Waals surface area contributed by atoms with Crippen molar-refractivity contribution in [2.24, 2.45) is 23.7 Å². The van der Waals surface area contributed by atoms with Crippen molar-refractivity contribution < 1.29 is 24.2 Å². The minimum atomic E-state index is -0.951. The number of esters is 2. The summed E-state index contributed by atoms with van der Waals surface area (Å²) >= 11 is 0. The molecule has 0 radical (unpaired) electrons. The van der Waals surface area contributed by atoms with Gasteiger partial charge in [0.25, 0.3) is 0 Å². The van der Waals surface area contributed by atoms with Crippen LogP contribution in [0.2, 0.25) is 0 Å². The Balaban J connectivity index is 1.27. The minimum Gasteiger partial charge on any atom is -0.463 e. The Bertz CT molecular complexity index is 678. The van der Waals surface area contributed by atoms with Crippen LogP contribution < -0.4 is 0 Å². The van der Waals surface area contributed by atoms with E-state index < -0.39 is 6.10 Å². The second kappa shape index (κ2) is 27.8. The van der Waals surface area contributed by atoms with E-state index in [4.69, 9.17) is 9.47 Å². The first-order valence-electron chi connectivity index (χ1n) is 20.5. The molecule has 270 valence electrons. The lowest BCUT2D eigenvalue weighted by molar-refractivity contribution is -0.152. The number of unbranched alkanes of at least 4 members (excludes halogenated alkanes) is 18. The second-order valence-electron chi connectivity index (χ2n) is 15.3. The summed E-state index contributed by atoms with van der Waals surface area (Å²) in [6.07, 6.45) is 36.7. The van der Waals surface area contributed by atoms with Gasteiger partial charge in [0.2, 0.25) is 0 Å². The maximum atomic E-state index is 12.0. The first-order valence-corrected chi connectivity index (χ1v) is 20.5. The lowest BCUT2D eigenvalue weighted by Gasteiger charge is -2.12. The SMILES string of the molecule is CCCCCCCC[C@H]1C[C@H]1CCCCCCCC(=O)OCC(O)COC(=O)CCCCCCC[C@@H]1C[C@@H]1CCCCCCCC. The first-order chi connectivity index (χ1) is 22.5. The zero-order chi connectivity index (χ0) is 33.1. The zero-order valence-electron chi connectivity index (χ0n) is 30.6. The van der Waals surface area contributed by atoms with Gasteiger partial charge in [0.05, 0.1) is 0 Å². The molecule has 0 amide bonds. The maximum absolute atomic E-state index is 12.0. The quantitative estimate of drug-likeness (QED) is 0.0555. The molecule has 46 heavy (non-hydrogen) atoms. The highest BCUT2D eigenvalue weighted by molar-refractivity contribution is 5.69. The van der Waals surface area contributed by atoms with E-state index in [-0.39, 0.29) is 25.2 Å². The molecule has 0 aromatic heterocycles. The largest absolute Gasteiger partial charge is 0.463 e. The Morgan fingerprint density at radius 2 is 0.761 bits per heavy atom. The second-order valence-corrected chi connectivity index (χ2v) is 15.3. The maximum Gasteiger partial charge on any atom is 0.305 e. The number of carbonyl (C=O) groups excluding carboxylic acids is 2. The van der Waals surface area contributed by atoms with Crippen LogP contribution in [-0.4, -0.2) is 36.4 Å². The van der Waals surface area contributed by atoms with Gasteiger partial charge < -0.3 is 14.6 Å². The van der Waals surface area contributed by atoms with Crippen LogP contribution in [0.5, 0.6) is 0 Å². The normalized spacial score (nSPS) is 20.3. The fraction of sp³-hybridized carbons (Fsp3) is 0.951. The molecule has 5 heteroatoms. The third-order valence-electron chi connectivity index (χ3n) is 10.8. The van der Waals surface area contributed by atoms with Crippen LogP contribution in [0.25, 0.3) is 0 Å². The molecule has 5 nitrogen and oxygen atoms in total. The number of hydrogen-bond donors (Lipinski definition) is 1. The van der Waals surface area contributed by atoms with Crippen LogP contribution in [0.4, 0.5) is 0 Å².